The molecule has 0 amide bonds. The molecule has 0 saturated carbocycles. The molecule has 1 aliphatic rings. The molecular formula is C15H23NO2. The summed E-state index contributed by atoms with van der Waals surface area (Å²) in [4.78, 5) is 0. The highest BCUT2D eigenvalue weighted by atomic mass is 16.5. The van der Waals surface area contributed by atoms with Crippen LogP contribution in [-0.2, 0) is 4.74 Å². The van der Waals surface area contributed by atoms with Gasteiger partial charge in [0.1, 0.15) is 5.75 Å². The van der Waals surface area contributed by atoms with Crippen molar-refractivity contribution in [3.8, 4) is 5.75 Å². The van der Waals surface area contributed by atoms with E-state index in [2.05, 4.69) is 0 Å². The van der Waals surface area contributed by atoms with Crippen LogP contribution in [0.5, 0.6) is 5.75 Å². The summed E-state index contributed by atoms with van der Waals surface area (Å²) in [5.41, 5.74) is 6.97. The van der Waals surface area contributed by atoms with Crippen molar-refractivity contribution in [2.75, 3.05) is 13.2 Å². The zero-order valence-corrected chi connectivity index (χ0v) is 11.1. The highest BCUT2D eigenvalue weighted by Gasteiger charge is 2.14. The van der Waals surface area contributed by atoms with E-state index in [1.165, 1.54) is 12.8 Å². The molecule has 1 aromatic carbocycles. The molecule has 0 aliphatic carbocycles. The third kappa shape index (κ3) is 4.00. The van der Waals surface area contributed by atoms with Crippen molar-refractivity contribution in [1.29, 1.82) is 0 Å². The first-order chi connectivity index (χ1) is 8.75. The second-order valence-electron chi connectivity index (χ2n) is 4.99. The number of rotatable bonds is 6. The van der Waals surface area contributed by atoms with Gasteiger partial charge in [-0.05, 0) is 50.3 Å². The molecule has 2 N–H and O–H groups in total. The normalized spacial score (nSPS) is 20.9. The molecule has 1 heterocycles. The molecule has 0 aromatic heterocycles. The first-order valence-corrected chi connectivity index (χ1v) is 6.85. The van der Waals surface area contributed by atoms with Gasteiger partial charge < -0.3 is 15.2 Å². The van der Waals surface area contributed by atoms with Crippen molar-refractivity contribution in [3.63, 3.8) is 0 Å². The molecule has 0 radical (unpaired) electrons. The summed E-state index contributed by atoms with van der Waals surface area (Å²) in [5, 5.41) is 0. The smallest absolute Gasteiger partial charge is 0.119 e. The summed E-state index contributed by atoms with van der Waals surface area (Å²) in [6.07, 6.45) is 5.03. The third-order valence-electron chi connectivity index (χ3n) is 3.35. The van der Waals surface area contributed by atoms with E-state index >= 15 is 0 Å². The van der Waals surface area contributed by atoms with Gasteiger partial charge in [0.15, 0.2) is 0 Å². The zero-order chi connectivity index (χ0) is 12.8. The minimum atomic E-state index is 0.0560. The van der Waals surface area contributed by atoms with E-state index in [1.54, 1.807) is 0 Å². The average molecular weight is 249 g/mol. The Morgan fingerprint density at radius 2 is 2.39 bits per heavy atom. The van der Waals surface area contributed by atoms with E-state index in [4.69, 9.17) is 15.2 Å². The number of ether oxygens (including phenoxy) is 2. The predicted octanol–water partition coefficient (Wildman–Crippen LogP) is 3.04. The fraction of sp³-hybridized carbons (Fsp3) is 0.600. The zero-order valence-electron chi connectivity index (χ0n) is 11.1. The fourth-order valence-electron chi connectivity index (χ4n) is 2.26. The van der Waals surface area contributed by atoms with Crippen LogP contribution in [0.15, 0.2) is 24.3 Å². The molecule has 1 saturated heterocycles. The van der Waals surface area contributed by atoms with E-state index in [9.17, 15) is 0 Å². The van der Waals surface area contributed by atoms with Gasteiger partial charge in [-0.1, -0.05) is 12.1 Å². The fourth-order valence-corrected chi connectivity index (χ4v) is 2.26. The number of hydrogen-bond donors (Lipinski definition) is 1. The Balaban J connectivity index is 1.70. The van der Waals surface area contributed by atoms with Crippen molar-refractivity contribution >= 4 is 0 Å². The lowest BCUT2D eigenvalue weighted by molar-refractivity contribution is 0.0981. The summed E-state index contributed by atoms with van der Waals surface area (Å²) in [6, 6.07) is 8.09. The van der Waals surface area contributed by atoms with Gasteiger partial charge in [-0.3, -0.25) is 0 Å². The highest BCUT2D eigenvalue weighted by Crippen LogP contribution is 2.19. The summed E-state index contributed by atoms with van der Waals surface area (Å²) >= 11 is 0. The number of nitrogens with two attached hydrogens (primary N) is 1. The van der Waals surface area contributed by atoms with Crippen LogP contribution in [0.1, 0.15) is 44.2 Å². The van der Waals surface area contributed by atoms with Gasteiger partial charge in [0, 0.05) is 12.6 Å². The SMILES string of the molecule is C[C@H](N)c1cccc(OCCCC2CCCO2)c1. The van der Waals surface area contributed by atoms with Crippen molar-refractivity contribution in [1.82, 2.24) is 0 Å². The minimum Gasteiger partial charge on any atom is -0.494 e. The maximum absolute atomic E-state index is 5.85. The van der Waals surface area contributed by atoms with E-state index in [0.29, 0.717) is 6.10 Å². The van der Waals surface area contributed by atoms with Gasteiger partial charge in [0.2, 0.25) is 0 Å². The van der Waals surface area contributed by atoms with E-state index < -0.39 is 0 Å². The van der Waals surface area contributed by atoms with Crippen LogP contribution in [0.3, 0.4) is 0 Å². The molecule has 18 heavy (non-hydrogen) atoms. The molecule has 0 spiro atoms. The number of benzene rings is 1. The molecule has 2 atom stereocenters. The largest absolute Gasteiger partial charge is 0.494 e. The second-order valence-corrected chi connectivity index (χ2v) is 4.99. The molecule has 1 unspecified atom stereocenters. The maximum atomic E-state index is 5.85. The monoisotopic (exact) mass is 249 g/mol. The van der Waals surface area contributed by atoms with Crippen LogP contribution in [0.4, 0.5) is 0 Å². The third-order valence-corrected chi connectivity index (χ3v) is 3.35. The Morgan fingerprint density at radius 1 is 1.50 bits per heavy atom. The molecule has 100 valence electrons. The number of hydrogen-bond acceptors (Lipinski definition) is 3. The van der Waals surface area contributed by atoms with Crippen LogP contribution < -0.4 is 10.5 Å². The Labute approximate surface area is 109 Å². The summed E-state index contributed by atoms with van der Waals surface area (Å²) in [7, 11) is 0. The average Bonchev–Trinajstić information content (AvgIpc) is 2.88. The summed E-state index contributed by atoms with van der Waals surface area (Å²) in [5.74, 6) is 0.914. The van der Waals surface area contributed by atoms with Gasteiger partial charge in [0.25, 0.3) is 0 Å². The standard InChI is InChI=1S/C15H23NO2/c1-12(16)13-5-2-6-15(11-13)18-10-4-8-14-7-3-9-17-14/h2,5-6,11-12,14H,3-4,7-10,16H2,1H3/t12-,14?/m0/s1. The van der Waals surface area contributed by atoms with Crippen LogP contribution >= 0.6 is 0 Å². The molecule has 3 nitrogen and oxygen atoms in total. The van der Waals surface area contributed by atoms with Gasteiger partial charge in [-0.15, -0.1) is 0 Å². The van der Waals surface area contributed by atoms with Crippen LogP contribution in [-0.4, -0.2) is 19.3 Å². The van der Waals surface area contributed by atoms with Crippen molar-refractivity contribution in [3.05, 3.63) is 29.8 Å². The molecule has 0 bridgehead atoms. The lowest BCUT2D eigenvalue weighted by Crippen LogP contribution is -2.08. The molecule has 2 rings (SSSR count). The second kappa shape index (κ2) is 6.76. The summed E-state index contributed by atoms with van der Waals surface area (Å²) < 4.78 is 11.3. The molecule has 1 aromatic rings. The topological polar surface area (TPSA) is 44.5 Å². The van der Waals surface area contributed by atoms with Crippen molar-refractivity contribution < 1.29 is 9.47 Å². The van der Waals surface area contributed by atoms with Crippen LogP contribution in [0, 0.1) is 0 Å². The Hall–Kier alpha value is -1.06. The lowest BCUT2D eigenvalue weighted by atomic mass is 10.1. The lowest BCUT2D eigenvalue weighted by Gasteiger charge is -2.11. The Morgan fingerprint density at radius 3 is 3.11 bits per heavy atom. The predicted molar refractivity (Wildman–Crippen MR) is 72.7 cm³/mol. The van der Waals surface area contributed by atoms with Gasteiger partial charge in [-0.25, -0.2) is 0 Å². The first kappa shape index (κ1) is 13.4. The Kier molecular flexibility index (Phi) is 5.02. The first-order valence-electron chi connectivity index (χ1n) is 6.85. The molecular weight excluding hydrogens is 226 g/mol. The minimum absolute atomic E-state index is 0.0560. The maximum Gasteiger partial charge on any atom is 0.119 e. The molecule has 3 heteroatoms. The van der Waals surface area contributed by atoms with Crippen LogP contribution in [0.25, 0.3) is 0 Å². The quantitative estimate of drug-likeness (QED) is 0.788. The molecule has 1 aliphatic heterocycles. The molecule has 1 fully saturated rings. The van der Waals surface area contributed by atoms with E-state index in [-0.39, 0.29) is 6.04 Å². The van der Waals surface area contributed by atoms with Crippen LogP contribution in [0.2, 0.25) is 0 Å². The van der Waals surface area contributed by atoms with Gasteiger partial charge in [0.05, 0.1) is 12.7 Å². The van der Waals surface area contributed by atoms with Crippen molar-refractivity contribution in [2.45, 2.75) is 44.8 Å². The van der Waals surface area contributed by atoms with E-state index in [1.807, 2.05) is 31.2 Å². The van der Waals surface area contributed by atoms with Gasteiger partial charge >= 0.3 is 0 Å². The van der Waals surface area contributed by atoms with Crippen molar-refractivity contribution in [2.24, 2.45) is 5.73 Å². The summed E-state index contributed by atoms with van der Waals surface area (Å²) in [6.45, 7) is 3.67. The van der Waals surface area contributed by atoms with Gasteiger partial charge in [-0.2, -0.15) is 0 Å². The Bertz CT molecular complexity index is 359. The highest BCUT2D eigenvalue weighted by molar-refractivity contribution is 5.30. The van der Waals surface area contributed by atoms with E-state index in [0.717, 1.165) is 37.4 Å².